The van der Waals surface area contributed by atoms with Crippen molar-refractivity contribution in [3.05, 3.63) is 36.2 Å². The zero-order chi connectivity index (χ0) is 14.5. The van der Waals surface area contributed by atoms with E-state index in [0.717, 1.165) is 35.6 Å². The van der Waals surface area contributed by atoms with Crippen LogP contribution in [0.4, 0.5) is 0 Å². The summed E-state index contributed by atoms with van der Waals surface area (Å²) in [5, 5.41) is 4.30. The van der Waals surface area contributed by atoms with Crippen molar-refractivity contribution in [2.24, 2.45) is 11.7 Å². The Morgan fingerprint density at radius 1 is 1.29 bits per heavy atom. The van der Waals surface area contributed by atoms with Crippen molar-refractivity contribution in [3.8, 4) is 16.9 Å². The molecule has 4 nitrogen and oxygen atoms in total. The Bertz CT molecular complexity index is 566. The van der Waals surface area contributed by atoms with E-state index in [1.54, 1.807) is 0 Å². The van der Waals surface area contributed by atoms with Gasteiger partial charge < -0.3 is 10.5 Å². The SMILES string of the molecule is Cc1ccc(-c2cnn(CCN)c2)cc1OCC(C)C.Cl. The number of nitrogens with zero attached hydrogens (tertiary/aromatic N) is 2. The van der Waals surface area contributed by atoms with Gasteiger partial charge in [-0.2, -0.15) is 5.10 Å². The summed E-state index contributed by atoms with van der Waals surface area (Å²) >= 11 is 0. The second-order valence-corrected chi connectivity index (χ2v) is 5.47. The van der Waals surface area contributed by atoms with Crippen molar-refractivity contribution in [2.75, 3.05) is 13.2 Å². The molecular formula is C16H24ClN3O. The predicted octanol–water partition coefficient (Wildman–Crippen LogP) is 3.27. The van der Waals surface area contributed by atoms with E-state index in [1.165, 1.54) is 0 Å². The number of rotatable bonds is 6. The van der Waals surface area contributed by atoms with E-state index in [4.69, 9.17) is 10.5 Å². The first-order chi connectivity index (χ1) is 9.60. The molecule has 0 unspecified atom stereocenters. The van der Waals surface area contributed by atoms with Gasteiger partial charge in [0.1, 0.15) is 5.75 Å². The highest BCUT2D eigenvalue weighted by Crippen LogP contribution is 2.27. The third-order valence-electron chi connectivity index (χ3n) is 3.09. The highest BCUT2D eigenvalue weighted by Gasteiger charge is 2.06. The third kappa shape index (κ3) is 4.76. The van der Waals surface area contributed by atoms with Crippen LogP contribution in [0.15, 0.2) is 30.6 Å². The van der Waals surface area contributed by atoms with Gasteiger partial charge in [0, 0.05) is 18.3 Å². The van der Waals surface area contributed by atoms with Crippen LogP contribution in [0.25, 0.3) is 11.1 Å². The van der Waals surface area contributed by atoms with Gasteiger partial charge >= 0.3 is 0 Å². The number of aryl methyl sites for hydroxylation is 1. The van der Waals surface area contributed by atoms with E-state index in [9.17, 15) is 0 Å². The van der Waals surface area contributed by atoms with Crippen LogP contribution >= 0.6 is 12.4 Å². The Balaban J connectivity index is 0.00000220. The number of hydrogen-bond donors (Lipinski definition) is 1. The van der Waals surface area contributed by atoms with Crippen molar-refractivity contribution >= 4 is 12.4 Å². The van der Waals surface area contributed by atoms with E-state index in [0.29, 0.717) is 12.5 Å². The van der Waals surface area contributed by atoms with Gasteiger partial charge in [-0.15, -0.1) is 12.4 Å². The van der Waals surface area contributed by atoms with Crippen LogP contribution in [-0.4, -0.2) is 22.9 Å². The van der Waals surface area contributed by atoms with Gasteiger partial charge in [0.15, 0.2) is 0 Å². The lowest BCUT2D eigenvalue weighted by Gasteiger charge is -2.12. The highest BCUT2D eigenvalue weighted by molar-refractivity contribution is 5.85. The molecule has 1 heterocycles. The quantitative estimate of drug-likeness (QED) is 0.891. The smallest absolute Gasteiger partial charge is 0.122 e. The molecule has 116 valence electrons. The summed E-state index contributed by atoms with van der Waals surface area (Å²) in [5.74, 6) is 1.47. The summed E-state index contributed by atoms with van der Waals surface area (Å²) in [6, 6.07) is 6.27. The molecule has 0 spiro atoms. The number of benzene rings is 1. The highest BCUT2D eigenvalue weighted by atomic mass is 35.5. The van der Waals surface area contributed by atoms with Gasteiger partial charge in [0.25, 0.3) is 0 Å². The Hall–Kier alpha value is -1.52. The average Bonchev–Trinajstić information content (AvgIpc) is 2.87. The number of hydrogen-bond acceptors (Lipinski definition) is 3. The summed E-state index contributed by atoms with van der Waals surface area (Å²) in [4.78, 5) is 0. The summed E-state index contributed by atoms with van der Waals surface area (Å²) in [6.45, 7) is 8.43. The molecule has 0 radical (unpaired) electrons. The van der Waals surface area contributed by atoms with E-state index in [2.05, 4.69) is 44.1 Å². The second-order valence-electron chi connectivity index (χ2n) is 5.47. The number of ether oxygens (including phenoxy) is 1. The van der Waals surface area contributed by atoms with Crippen LogP contribution in [0, 0.1) is 12.8 Å². The average molecular weight is 310 g/mol. The third-order valence-corrected chi connectivity index (χ3v) is 3.09. The fraction of sp³-hybridized carbons (Fsp3) is 0.438. The van der Waals surface area contributed by atoms with Crippen molar-refractivity contribution in [3.63, 3.8) is 0 Å². The number of halogens is 1. The van der Waals surface area contributed by atoms with Crippen molar-refractivity contribution in [2.45, 2.75) is 27.3 Å². The first-order valence-corrected chi connectivity index (χ1v) is 7.06. The molecule has 0 aliphatic rings. The molecule has 2 N–H and O–H groups in total. The zero-order valence-corrected chi connectivity index (χ0v) is 13.7. The van der Waals surface area contributed by atoms with E-state index >= 15 is 0 Å². The Morgan fingerprint density at radius 3 is 2.71 bits per heavy atom. The van der Waals surface area contributed by atoms with Crippen LogP contribution in [-0.2, 0) is 6.54 Å². The summed E-state index contributed by atoms with van der Waals surface area (Å²) in [6.07, 6.45) is 3.89. The molecule has 0 aliphatic carbocycles. The monoisotopic (exact) mass is 309 g/mol. The molecule has 0 saturated carbocycles. The maximum Gasteiger partial charge on any atom is 0.122 e. The van der Waals surface area contributed by atoms with E-state index in [1.807, 2.05) is 17.1 Å². The minimum atomic E-state index is 0. The first kappa shape index (κ1) is 17.5. The molecule has 0 fully saturated rings. The molecule has 2 aromatic rings. The maximum absolute atomic E-state index is 5.87. The molecule has 0 atom stereocenters. The zero-order valence-electron chi connectivity index (χ0n) is 12.9. The topological polar surface area (TPSA) is 53.1 Å². The molecule has 2 rings (SSSR count). The summed E-state index contributed by atoms with van der Waals surface area (Å²) in [5.41, 5.74) is 8.91. The van der Waals surface area contributed by atoms with Crippen molar-refractivity contribution < 1.29 is 4.74 Å². The van der Waals surface area contributed by atoms with Crippen LogP contribution in [0.2, 0.25) is 0 Å². The van der Waals surface area contributed by atoms with Gasteiger partial charge in [-0.1, -0.05) is 26.0 Å². The molecule has 0 saturated heterocycles. The normalized spacial score (nSPS) is 10.5. The number of nitrogens with two attached hydrogens (primary N) is 1. The Morgan fingerprint density at radius 2 is 2.05 bits per heavy atom. The fourth-order valence-electron chi connectivity index (χ4n) is 1.96. The largest absolute Gasteiger partial charge is 0.493 e. The molecule has 1 aromatic carbocycles. The number of aromatic nitrogens is 2. The summed E-state index contributed by atoms with van der Waals surface area (Å²) < 4.78 is 7.73. The molecule has 0 aliphatic heterocycles. The van der Waals surface area contributed by atoms with Gasteiger partial charge in [0.2, 0.25) is 0 Å². The van der Waals surface area contributed by atoms with E-state index in [-0.39, 0.29) is 12.4 Å². The maximum atomic E-state index is 5.87. The van der Waals surface area contributed by atoms with Gasteiger partial charge in [0.05, 0.1) is 19.3 Å². The van der Waals surface area contributed by atoms with Crippen molar-refractivity contribution in [1.29, 1.82) is 0 Å². The van der Waals surface area contributed by atoms with Crippen molar-refractivity contribution in [1.82, 2.24) is 9.78 Å². The molecule has 1 aromatic heterocycles. The van der Waals surface area contributed by atoms with Crippen LogP contribution in [0.1, 0.15) is 19.4 Å². The lowest BCUT2D eigenvalue weighted by molar-refractivity contribution is 0.269. The lowest BCUT2D eigenvalue weighted by Crippen LogP contribution is -2.09. The first-order valence-electron chi connectivity index (χ1n) is 7.06. The van der Waals surface area contributed by atoms with Crippen LogP contribution in [0.3, 0.4) is 0 Å². The van der Waals surface area contributed by atoms with E-state index < -0.39 is 0 Å². The summed E-state index contributed by atoms with van der Waals surface area (Å²) in [7, 11) is 0. The predicted molar refractivity (Wildman–Crippen MR) is 89.0 cm³/mol. The molecule has 21 heavy (non-hydrogen) atoms. The Kier molecular flexibility index (Phi) is 6.72. The second kappa shape index (κ2) is 8.05. The molecule has 0 amide bonds. The van der Waals surface area contributed by atoms with Crippen LogP contribution in [0.5, 0.6) is 5.75 Å². The fourth-order valence-corrected chi connectivity index (χ4v) is 1.96. The van der Waals surface area contributed by atoms with Gasteiger partial charge in [-0.3, -0.25) is 4.68 Å². The molecule has 0 bridgehead atoms. The standard InChI is InChI=1S/C16H23N3O.ClH/c1-12(2)11-20-16-8-14(5-4-13(16)3)15-9-18-19(10-15)7-6-17;/h4-5,8-10,12H,6-7,11,17H2,1-3H3;1H. The Labute approximate surface area is 132 Å². The molecular weight excluding hydrogens is 286 g/mol. The minimum absolute atomic E-state index is 0. The van der Waals surface area contributed by atoms with Gasteiger partial charge in [-0.25, -0.2) is 0 Å². The minimum Gasteiger partial charge on any atom is -0.493 e. The van der Waals surface area contributed by atoms with Gasteiger partial charge in [-0.05, 0) is 30.0 Å². The lowest BCUT2D eigenvalue weighted by atomic mass is 10.1. The van der Waals surface area contributed by atoms with Crippen LogP contribution < -0.4 is 10.5 Å². The molecule has 5 heteroatoms.